The zero-order valence-electron chi connectivity index (χ0n) is 12.2. The Morgan fingerprint density at radius 2 is 1.95 bits per heavy atom. The van der Waals surface area contributed by atoms with E-state index < -0.39 is 0 Å². The van der Waals surface area contributed by atoms with Crippen molar-refractivity contribution in [3.63, 3.8) is 0 Å². The molecule has 0 radical (unpaired) electrons. The SMILES string of the molecule is CCCCCN(CC)Cc1cccc2c1OCCO2. The van der Waals surface area contributed by atoms with Crippen molar-refractivity contribution in [3.05, 3.63) is 23.8 Å². The summed E-state index contributed by atoms with van der Waals surface area (Å²) in [6.07, 6.45) is 3.86. The molecule has 19 heavy (non-hydrogen) atoms. The first-order valence-corrected chi connectivity index (χ1v) is 7.45. The molecule has 1 aliphatic rings. The molecular weight excluding hydrogens is 238 g/mol. The third-order valence-corrected chi connectivity index (χ3v) is 3.57. The molecule has 0 aliphatic carbocycles. The third kappa shape index (κ3) is 3.87. The van der Waals surface area contributed by atoms with Crippen molar-refractivity contribution in [3.8, 4) is 11.5 Å². The normalized spacial score (nSPS) is 13.8. The van der Waals surface area contributed by atoms with E-state index in [-0.39, 0.29) is 0 Å². The fraction of sp³-hybridized carbons (Fsp3) is 0.625. The number of unbranched alkanes of at least 4 members (excludes halogenated alkanes) is 2. The molecule has 3 nitrogen and oxygen atoms in total. The number of hydrogen-bond acceptors (Lipinski definition) is 3. The molecule has 0 N–H and O–H groups in total. The molecule has 0 aromatic heterocycles. The van der Waals surface area contributed by atoms with Crippen LogP contribution in [-0.4, -0.2) is 31.2 Å². The monoisotopic (exact) mass is 263 g/mol. The van der Waals surface area contributed by atoms with Crippen molar-refractivity contribution in [1.82, 2.24) is 4.90 Å². The number of fused-ring (bicyclic) bond motifs is 1. The topological polar surface area (TPSA) is 21.7 Å². The zero-order chi connectivity index (χ0) is 13.5. The molecule has 1 aromatic carbocycles. The number of hydrogen-bond donors (Lipinski definition) is 0. The summed E-state index contributed by atoms with van der Waals surface area (Å²) in [5.41, 5.74) is 1.25. The average molecular weight is 263 g/mol. The zero-order valence-corrected chi connectivity index (χ0v) is 12.2. The summed E-state index contributed by atoms with van der Waals surface area (Å²) in [6, 6.07) is 6.20. The van der Waals surface area contributed by atoms with Gasteiger partial charge in [-0.3, -0.25) is 4.90 Å². The van der Waals surface area contributed by atoms with Gasteiger partial charge in [0.1, 0.15) is 13.2 Å². The molecule has 106 valence electrons. The van der Waals surface area contributed by atoms with Gasteiger partial charge in [0, 0.05) is 12.1 Å². The highest BCUT2D eigenvalue weighted by Gasteiger charge is 2.16. The molecule has 0 spiro atoms. The van der Waals surface area contributed by atoms with Crippen molar-refractivity contribution in [1.29, 1.82) is 0 Å². The van der Waals surface area contributed by atoms with E-state index in [2.05, 4.69) is 30.9 Å². The van der Waals surface area contributed by atoms with Crippen LogP contribution in [0.5, 0.6) is 11.5 Å². The predicted molar refractivity (Wildman–Crippen MR) is 77.9 cm³/mol. The van der Waals surface area contributed by atoms with E-state index in [1.807, 2.05) is 6.07 Å². The average Bonchev–Trinajstić information content (AvgIpc) is 2.46. The number of rotatable bonds is 7. The predicted octanol–water partition coefficient (Wildman–Crippen LogP) is 3.47. The highest BCUT2D eigenvalue weighted by Crippen LogP contribution is 2.34. The number of ether oxygens (including phenoxy) is 2. The minimum absolute atomic E-state index is 0.657. The van der Waals surface area contributed by atoms with Crippen molar-refractivity contribution in [2.45, 2.75) is 39.7 Å². The summed E-state index contributed by atoms with van der Waals surface area (Å²) in [5.74, 6) is 1.84. The van der Waals surface area contributed by atoms with Crippen LogP contribution in [0.4, 0.5) is 0 Å². The lowest BCUT2D eigenvalue weighted by atomic mass is 10.1. The van der Waals surface area contributed by atoms with Gasteiger partial charge in [0.2, 0.25) is 0 Å². The van der Waals surface area contributed by atoms with Crippen molar-refractivity contribution >= 4 is 0 Å². The van der Waals surface area contributed by atoms with Crippen LogP contribution in [0.1, 0.15) is 38.7 Å². The Bertz CT molecular complexity index is 392. The lowest BCUT2D eigenvalue weighted by Gasteiger charge is -2.25. The van der Waals surface area contributed by atoms with Crippen LogP contribution in [0.15, 0.2) is 18.2 Å². The summed E-state index contributed by atoms with van der Waals surface area (Å²) in [6.45, 7) is 8.97. The van der Waals surface area contributed by atoms with Crippen LogP contribution >= 0.6 is 0 Å². The molecular formula is C16H25NO2. The Balaban J connectivity index is 2.00. The Hall–Kier alpha value is -1.22. The van der Waals surface area contributed by atoms with Gasteiger partial charge in [-0.15, -0.1) is 0 Å². The number of benzene rings is 1. The molecule has 0 saturated carbocycles. The molecule has 0 atom stereocenters. The van der Waals surface area contributed by atoms with E-state index in [9.17, 15) is 0 Å². The van der Waals surface area contributed by atoms with Crippen LogP contribution in [0.25, 0.3) is 0 Å². The standard InChI is InChI=1S/C16H25NO2/c1-3-5-6-10-17(4-2)13-14-8-7-9-15-16(14)19-12-11-18-15/h7-9H,3-6,10-13H2,1-2H3. The third-order valence-electron chi connectivity index (χ3n) is 3.57. The van der Waals surface area contributed by atoms with Crippen LogP contribution in [0, 0.1) is 0 Å². The second-order valence-electron chi connectivity index (χ2n) is 5.02. The van der Waals surface area contributed by atoms with Gasteiger partial charge in [-0.25, -0.2) is 0 Å². The Morgan fingerprint density at radius 1 is 1.11 bits per heavy atom. The molecule has 3 heteroatoms. The molecule has 0 bridgehead atoms. The summed E-state index contributed by atoms with van der Waals surface area (Å²) in [5, 5.41) is 0. The van der Waals surface area contributed by atoms with Crippen molar-refractivity contribution < 1.29 is 9.47 Å². The van der Waals surface area contributed by atoms with Gasteiger partial charge in [0.25, 0.3) is 0 Å². The van der Waals surface area contributed by atoms with Crippen molar-refractivity contribution in [2.24, 2.45) is 0 Å². The maximum absolute atomic E-state index is 5.77. The first kappa shape index (κ1) is 14.2. The van der Waals surface area contributed by atoms with Gasteiger partial charge in [0.05, 0.1) is 0 Å². The van der Waals surface area contributed by atoms with E-state index >= 15 is 0 Å². The van der Waals surface area contributed by atoms with E-state index in [1.165, 1.54) is 24.8 Å². The quantitative estimate of drug-likeness (QED) is 0.703. The van der Waals surface area contributed by atoms with Gasteiger partial charge in [-0.2, -0.15) is 0 Å². The maximum atomic E-state index is 5.77. The lowest BCUT2D eigenvalue weighted by molar-refractivity contribution is 0.166. The van der Waals surface area contributed by atoms with E-state index in [0.717, 1.165) is 31.1 Å². The van der Waals surface area contributed by atoms with Gasteiger partial charge >= 0.3 is 0 Å². The molecule has 0 amide bonds. The number of para-hydroxylation sites is 1. The molecule has 0 saturated heterocycles. The molecule has 1 aliphatic heterocycles. The Labute approximate surface area is 116 Å². The summed E-state index contributed by atoms with van der Waals surface area (Å²) in [4.78, 5) is 2.48. The van der Waals surface area contributed by atoms with E-state index in [1.54, 1.807) is 0 Å². The summed E-state index contributed by atoms with van der Waals surface area (Å²) < 4.78 is 11.4. The fourth-order valence-electron chi connectivity index (χ4n) is 2.43. The van der Waals surface area contributed by atoms with Gasteiger partial charge in [-0.05, 0) is 25.6 Å². The summed E-state index contributed by atoms with van der Waals surface area (Å²) in [7, 11) is 0. The van der Waals surface area contributed by atoms with Gasteiger partial charge in [-0.1, -0.05) is 38.8 Å². The second-order valence-corrected chi connectivity index (χ2v) is 5.02. The first-order chi connectivity index (χ1) is 9.35. The summed E-state index contributed by atoms with van der Waals surface area (Å²) >= 11 is 0. The van der Waals surface area contributed by atoms with E-state index in [0.29, 0.717) is 13.2 Å². The molecule has 0 unspecified atom stereocenters. The van der Waals surface area contributed by atoms with Crippen LogP contribution < -0.4 is 9.47 Å². The number of nitrogens with zero attached hydrogens (tertiary/aromatic N) is 1. The lowest BCUT2D eigenvalue weighted by Crippen LogP contribution is -2.25. The first-order valence-electron chi connectivity index (χ1n) is 7.45. The second kappa shape index (κ2) is 7.39. The minimum Gasteiger partial charge on any atom is -0.486 e. The maximum Gasteiger partial charge on any atom is 0.165 e. The van der Waals surface area contributed by atoms with Crippen molar-refractivity contribution in [2.75, 3.05) is 26.3 Å². The van der Waals surface area contributed by atoms with Crippen LogP contribution in [0.3, 0.4) is 0 Å². The Morgan fingerprint density at radius 3 is 2.74 bits per heavy atom. The molecule has 2 rings (SSSR count). The highest BCUT2D eigenvalue weighted by atomic mass is 16.6. The van der Waals surface area contributed by atoms with Crippen LogP contribution in [-0.2, 0) is 6.54 Å². The molecule has 1 heterocycles. The van der Waals surface area contributed by atoms with Crippen LogP contribution in [0.2, 0.25) is 0 Å². The molecule has 1 aromatic rings. The van der Waals surface area contributed by atoms with Gasteiger partial charge in [0.15, 0.2) is 11.5 Å². The Kier molecular flexibility index (Phi) is 5.52. The molecule has 0 fully saturated rings. The highest BCUT2D eigenvalue weighted by molar-refractivity contribution is 5.47. The van der Waals surface area contributed by atoms with Gasteiger partial charge < -0.3 is 9.47 Å². The largest absolute Gasteiger partial charge is 0.486 e. The van der Waals surface area contributed by atoms with E-state index in [4.69, 9.17) is 9.47 Å². The fourth-order valence-corrected chi connectivity index (χ4v) is 2.43. The smallest absolute Gasteiger partial charge is 0.165 e. The minimum atomic E-state index is 0.657.